The molecule has 8 nitrogen and oxygen atoms in total. The first-order valence-electron chi connectivity index (χ1n) is 12.9. The van der Waals surface area contributed by atoms with Crippen molar-refractivity contribution in [3.8, 4) is 17.0 Å². The molecule has 0 N–H and O–H groups in total. The Hall–Kier alpha value is -3.46. The molecular formula is C28H33BN5O3. The number of hydrogen-bond acceptors (Lipinski definition) is 6. The summed E-state index contributed by atoms with van der Waals surface area (Å²) in [5.74, 6) is 0.725. The summed E-state index contributed by atoms with van der Waals surface area (Å²) in [6.45, 7) is 4.48. The fourth-order valence-corrected chi connectivity index (χ4v) is 5.61. The van der Waals surface area contributed by atoms with Crippen molar-refractivity contribution >= 4 is 35.6 Å². The van der Waals surface area contributed by atoms with Crippen molar-refractivity contribution in [1.82, 2.24) is 19.8 Å². The molecule has 2 aliphatic heterocycles. The highest BCUT2D eigenvalue weighted by atomic mass is 16.5. The monoisotopic (exact) mass is 498 g/mol. The van der Waals surface area contributed by atoms with Crippen molar-refractivity contribution in [1.29, 1.82) is 0 Å². The predicted molar refractivity (Wildman–Crippen MR) is 147 cm³/mol. The van der Waals surface area contributed by atoms with Crippen molar-refractivity contribution < 1.29 is 14.3 Å². The summed E-state index contributed by atoms with van der Waals surface area (Å²) in [6, 6.07) is 10.1. The first kappa shape index (κ1) is 25.2. The lowest BCUT2D eigenvalue weighted by atomic mass is 9.71. The smallest absolute Gasteiger partial charge is 0.237 e. The van der Waals surface area contributed by atoms with Crippen LogP contribution in [0.3, 0.4) is 0 Å². The summed E-state index contributed by atoms with van der Waals surface area (Å²) in [4.78, 5) is 40.8. The summed E-state index contributed by atoms with van der Waals surface area (Å²) in [5.41, 5.74) is 4.10. The fourth-order valence-electron chi connectivity index (χ4n) is 5.61. The molecule has 2 aliphatic rings. The number of likely N-dealkylation sites (N-methyl/N-ethyl adjacent to an activating group) is 1. The zero-order valence-corrected chi connectivity index (χ0v) is 22.0. The van der Waals surface area contributed by atoms with E-state index < -0.39 is 5.41 Å². The van der Waals surface area contributed by atoms with Crippen LogP contribution in [0.2, 0.25) is 6.82 Å². The molecule has 1 radical (unpaired) electrons. The maximum atomic E-state index is 13.6. The van der Waals surface area contributed by atoms with Crippen molar-refractivity contribution in [2.24, 2.45) is 0 Å². The largest absolute Gasteiger partial charge is 0.478 e. The molecule has 0 bridgehead atoms. The normalized spacial score (nSPS) is 16.5. The molecule has 3 aromatic rings. The lowest BCUT2D eigenvalue weighted by Crippen LogP contribution is -2.50. The van der Waals surface area contributed by atoms with Gasteiger partial charge in [-0.1, -0.05) is 12.9 Å². The lowest BCUT2D eigenvalue weighted by Gasteiger charge is -2.38. The zero-order valence-electron chi connectivity index (χ0n) is 22.0. The van der Waals surface area contributed by atoms with E-state index in [-0.39, 0.29) is 11.7 Å². The topological polar surface area (TPSA) is 78.9 Å². The summed E-state index contributed by atoms with van der Waals surface area (Å²) >= 11 is 0. The van der Waals surface area contributed by atoms with Gasteiger partial charge in [0, 0.05) is 55.5 Å². The number of amides is 2. The van der Waals surface area contributed by atoms with Gasteiger partial charge in [-0.25, -0.2) is 4.98 Å². The van der Waals surface area contributed by atoms with Crippen LogP contribution in [0.25, 0.3) is 22.0 Å². The number of fused-ring (bicyclic) bond motifs is 4. The minimum Gasteiger partial charge on any atom is -0.478 e. The standard InChI is InChI=1S/C28H33BN5O3/c1-29-27(36)34-13-10-28(11-14-34)25-21-16-19(6-8-22(21)30-18-23(25)33(4)26(28)35)20-7-9-24(31-17-20)37-15-5-12-32(2)3/h6-9,16-18H,5,10-15H2,1-4H3. The van der Waals surface area contributed by atoms with Crippen LogP contribution in [0.4, 0.5) is 10.5 Å². The van der Waals surface area contributed by atoms with Crippen LogP contribution in [0.15, 0.2) is 42.7 Å². The quantitative estimate of drug-likeness (QED) is 0.364. The Kier molecular flexibility index (Phi) is 6.90. The highest BCUT2D eigenvalue weighted by molar-refractivity contribution is 6.72. The second kappa shape index (κ2) is 10.1. The molecule has 191 valence electrons. The number of rotatable bonds is 7. The Morgan fingerprint density at radius 3 is 2.54 bits per heavy atom. The SMILES string of the molecule is C[B]C(=O)N1CCC2(CC1)C(=O)N(C)c1cnc3ccc(-c4ccc(OCCCN(C)C)nc4)cc3c12. The number of piperidine rings is 1. The van der Waals surface area contributed by atoms with Crippen molar-refractivity contribution in [2.75, 3.05) is 52.3 Å². The van der Waals surface area contributed by atoms with Crippen LogP contribution in [-0.4, -0.2) is 86.1 Å². The van der Waals surface area contributed by atoms with Gasteiger partial charge in [-0.2, -0.15) is 0 Å². The number of nitrogens with zero attached hydrogens (tertiary/aromatic N) is 5. The van der Waals surface area contributed by atoms with E-state index in [1.54, 1.807) is 19.0 Å². The van der Waals surface area contributed by atoms with Gasteiger partial charge in [0.15, 0.2) is 5.81 Å². The first-order valence-corrected chi connectivity index (χ1v) is 12.9. The third kappa shape index (κ3) is 4.57. The molecule has 1 fully saturated rings. The van der Waals surface area contributed by atoms with E-state index in [0.29, 0.717) is 38.4 Å². The molecule has 9 heteroatoms. The van der Waals surface area contributed by atoms with Crippen molar-refractivity contribution in [3.05, 3.63) is 48.3 Å². The minimum absolute atomic E-state index is 0.0216. The summed E-state index contributed by atoms with van der Waals surface area (Å²) in [7, 11) is 7.51. The van der Waals surface area contributed by atoms with Crippen LogP contribution in [0, 0.1) is 0 Å². The van der Waals surface area contributed by atoms with Crippen molar-refractivity contribution in [3.63, 3.8) is 0 Å². The van der Waals surface area contributed by atoms with E-state index in [1.807, 2.05) is 62.7 Å². The van der Waals surface area contributed by atoms with E-state index in [4.69, 9.17) is 4.74 Å². The van der Waals surface area contributed by atoms with Gasteiger partial charge in [-0.3, -0.25) is 14.6 Å². The van der Waals surface area contributed by atoms with Crippen LogP contribution < -0.4 is 9.64 Å². The van der Waals surface area contributed by atoms with E-state index >= 15 is 0 Å². The van der Waals surface area contributed by atoms with Crippen LogP contribution in [0.1, 0.15) is 24.8 Å². The van der Waals surface area contributed by atoms with E-state index in [9.17, 15) is 9.59 Å². The predicted octanol–water partition coefficient (Wildman–Crippen LogP) is 3.81. The molecule has 5 rings (SSSR count). The Balaban J connectivity index is 1.46. The van der Waals surface area contributed by atoms with Gasteiger partial charge < -0.3 is 19.4 Å². The molecule has 1 aromatic carbocycles. The van der Waals surface area contributed by atoms with E-state index in [2.05, 4.69) is 20.9 Å². The number of anilines is 1. The molecule has 0 saturated carbocycles. The number of ether oxygens (including phenoxy) is 1. The van der Waals surface area contributed by atoms with Gasteiger partial charge in [0.25, 0.3) is 0 Å². The van der Waals surface area contributed by atoms with Crippen LogP contribution in [-0.2, 0) is 10.2 Å². The van der Waals surface area contributed by atoms with E-state index in [0.717, 1.165) is 46.2 Å². The Bertz CT molecular complexity index is 1320. The van der Waals surface area contributed by atoms with Crippen LogP contribution in [0.5, 0.6) is 5.88 Å². The summed E-state index contributed by atoms with van der Waals surface area (Å²) in [5, 5.41) is 0.985. The molecule has 37 heavy (non-hydrogen) atoms. The number of likely N-dealkylation sites (tertiary alicyclic amines) is 1. The Morgan fingerprint density at radius 2 is 1.86 bits per heavy atom. The van der Waals surface area contributed by atoms with Gasteiger partial charge in [0.2, 0.25) is 19.1 Å². The summed E-state index contributed by atoms with van der Waals surface area (Å²) < 4.78 is 5.79. The molecule has 4 heterocycles. The Morgan fingerprint density at radius 1 is 1.11 bits per heavy atom. The molecular weight excluding hydrogens is 465 g/mol. The first-order chi connectivity index (χ1) is 17.8. The highest BCUT2D eigenvalue weighted by Gasteiger charge is 2.52. The number of benzene rings is 1. The average Bonchev–Trinajstić information content (AvgIpc) is 3.13. The third-order valence-electron chi connectivity index (χ3n) is 7.65. The number of carbonyl (C=O) groups is 2. The molecule has 0 aliphatic carbocycles. The van der Waals surface area contributed by atoms with Gasteiger partial charge in [0.05, 0.1) is 29.4 Å². The summed E-state index contributed by atoms with van der Waals surface area (Å²) in [6.07, 6.45) is 5.79. The van der Waals surface area contributed by atoms with Gasteiger partial charge >= 0.3 is 0 Å². The van der Waals surface area contributed by atoms with Gasteiger partial charge in [-0.15, -0.1) is 0 Å². The molecule has 1 spiro atoms. The van der Waals surface area contributed by atoms with E-state index in [1.165, 1.54) is 0 Å². The second-order valence-corrected chi connectivity index (χ2v) is 10.2. The van der Waals surface area contributed by atoms with Gasteiger partial charge in [0.1, 0.15) is 0 Å². The molecule has 0 atom stereocenters. The fraction of sp³-hybridized carbons (Fsp3) is 0.429. The molecule has 2 amide bonds. The number of pyridine rings is 2. The number of hydrogen-bond donors (Lipinski definition) is 0. The highest BCUT2D eigenvalue weighted by Crippen LogP contribution is 2.50. The third-order valence-corrected chi connectivity index (χ3v) is 7.65. The molecule has 1 saturated heterocycles. The maximum absolute atomic E-state index is 13.6. The zero-order chi connectivity index (χ0) is 26.2. The number of aromatic nitrogens is 2. The number of carbonyl (C=O) groups excluding carboxylic acids is 2. The van der Waals surface area contributed by atoms with Gasteiger partial charge in [-0.05, 0) is 57.1 Å². The lowest BCUT2D eigenvalue weighted by molar-refractivity contribution is -0.124. The minimum atomic E-state index is -0.642. The Labute approximate surface area is 218 Å². The van der Waals surface area contributed by atoms with Crippen molar-refractivity contribution in [2.45, 2.75) is 31.5 Å². The maximum Gasteiger partial charge on any atom is 0.237 e. The second-order valence-electron chi connectivity index (χ2n) is 10.2. The average molecular weight is 498 g/mol. The molecule has 2 aromatic heterocycles. The van der Waals surface area contributed by atoms with Crippen LogP contribution >= 0.6 is 0 Å². The molecule has 0 unspecified atom stereocenters.